The normalized spacial score (nSPS) is 12.2. The number of benzene rings is 3. The van der Waals surface area contributed by atoms with Crippen LogP contribution in [0.15, 0.2) is 83.8 Å². The molecule has 0 aliphatic rings. The fourth-order valence-electron chi connectivity index (χ4n) is 3.31. The van der Waals surface area contributed by atoms with Crippen LogP contribution in [0.2, 0.25) is 0 Å². The Labute approximate surface area is 183 Å². The highest BCUT2D eigenvalue weighted by atomic mass is 32.2. The number of alkyl halides is 3. The van der Waals surface area contributed by atoms with E-state index >= 15 is 0 Å². The van der Waals surface area contributed by atoms with E-state index < -0.39 is 21.6 Å². The molecule has 164 valence electrons. The smallest absolute Gasteiger partial charge is 0.232 e. The van der Waals surface area contributed by atoms with Gasteiger partial charge < -0.3 is 0 Å². The number of hydrogen-bond donors (Lipinski definition) is 0. The van der Waals surface area contributed by atoms with E-state index in [1.807, 2.05) is 31.2 Å². The Morgan fingerprint density at radius 3 is 1.91 bits per heavy atom. The predicted octanol–water partition coefficient (Wildman–Crippen LogP) is 5.94. The first-order valence-corrected chi connectivity index (χ1v) is 11.6. The highest BCUT2D eigenvalue weighted by Crippen LogP contribution is 2.33. The second-order valence-electron chi connectivity index (χ2n) is 7.53. The third kappa shape index (κ3) is 4.45. The third-order valence-electron chi connectivity index (χ3n) is 5.07. The van der Waals surface area contributed by atoms with Gasteiger partial charge in [0.05, 0.1) is 27.5 Å². The molecule has 0 fully saturated rings. The summed E-state index contributed by atoms with van der Waals surface area (Å²) in [5.74, 6) is 0. The van der Waals surface area contributed by atoms with Gasteiger partial charge in [-0.2, -0.15) is 18.3 Å². The van der Waals surface area contributed by atoms with Crippen molar-refractivity contribution in [1.29, 1.82) is 0 Å². The molecule has 0 amide bonds. The number of aryl methyl sites for hydroxylation is 1. The van der Waals surface area contributed by atoms with E-state index in [2.05, 4.69) is 5.10 Å². The highest BCUT2D eigenvalue weighted by molar-refractivity contribution is 7.90. The fourth-order valence-corrected chi connectivity index (χ4v) is 3.94. The number of rotatable bonds is 4. The molecule has 1 aromatic heterocycles. The Morgan fingerprint density at radius 1 is 0.812 bits per heavy atom. The molecule has 0 unspecified atom stereocenters. The van der Waals surface area contributed by atoms with Crippen molar-refractivity contribution in [1.82, 2.24) is 9.78 Å². The van der Waals surface area contributed by atoms with Crippen LogP contribution in [0.3, 0.4) is 0 Å². The zero-order valence-electron chi connectivity index (χ0n) is 17.3. The summed E-state index contributed by atoms with van der Waals surface area (Å²) >= 11 is 0. The van der Waals surface area contributed by atoms with Gasteiger partial charge in [-0.1, -0.05) is 42.0 Å². The average Bonchev–Trinajstić information content (AvgIpc) is 3.19. The number of hydrogen-bond acceptors (Lipinski definition) is 3. The number of sulfone groups is 1. The van der Waals surface area contributed by atoms with Crippen molar-refractivity contribution in [3.63, 3.8) is 0 Å². The lowest BCUT2D eigenvalue weighted by Gasteiger charge is -2.10. The molecular formula is C24H19F3N2O2S. The van der Waals surface area contributed by atoms with Gasteiger partial charge in [0.2, 0.25) is 0 Å². The second kappa shape index (κ2) is 7.94. The highest BCUT2D eigenvalue weighted by Gasteiger charge is 2.30. The summed E-state index contributed by atoms with van der Waals surface area (Å²) in [4.78, 5) is 0.170. The van der Waals surface area contributed by atoms with E-state index in [1.165, 1.54) is 24.3 Å². The van der Waals surface area contributed by atoms with Crippen LogP contribution in [0.4, 0.5) is 13.2 Å². The lowest BCUT2D eigenvalue weighted by atomic mass is 10.1. The van der Waals surface area contributed by atoms with Crippen LogP contribution in [0.25, 0.3) is 28.2 Å². The summed E-state index contributed by atoms with van der Waals surface area (Å²) in [6, 6.07) is 20.6. The summed E-state index contributed by atoms with van der Waals surface area (Å²) in [5.41, 5.74) is 3.58. The summed E-state index contributed by atoms with van der Waals surface area (Å²) in [7, 11) is -3.36. The molecule has 4 rings (SSSR count). The summed E-state index contributed by atoms with van der Waals surface area (Å²) < 4.78 is 64.1. The van der Waals surface area contributed by atoms with Crippen molar-refractivity contribution in [3.05, 3.63) is 90.0 Å². The summed E-state index contributed by atoms with van der Waals surface area (Å²) in [6.45, 7) is 1.97. The molecule has 0 spiro atoms. The van der Waals surface area contributed by atoms with Crippen molar-refractivity contribution in [2.75, 3.05) is 6.26 Å². The summed E-state index contributed by atoms with van der Waals surface area (Å²) in [6.07, 6.45) is -3.30. The third-order valence-corrected chi connectivity index (χ3v) is 6.20. The van der Waals surface area contributed by atoms with Crippen molar-refractivity contribution in [2.24, 2.45) is 0 Å². The van der Waals surface area contributed by atoms with Crippen LogP contribution in [-0.2, 0) is 16.0 Å². The van der Waals surface area contributed by atoms with Gasteiger partial charge >= 0.3 is 6.18 Å². The van der Waals surface area contributed by atoms with E-state index in [4.69, 9.17) is 0 Å². The largest absolute Gasteiger partial charge is 0.416 e. The van der Waals surface area contributed by atoms with Crippen molar-refractivity contribution < 1.29 is 21.6 Å². The van der Waals surface area contributed by atoms with Gasteiger partial charge in [0, 0.05) is 17.4 Å². The van der Waals surface area contributed by atoms with Crippen LogP contribution in [0, 0.1) is 6.92 Å². The maximum absolute atomic E-state index is 13.0. The predicted molar refractivity (Wildman–Crippen MR) is 117 cm³/mol. The van der Waals surface area contributed by atoms with Crippen LogP contribution < -0.4 is 0 Å². The van der Waals surface area contributed by atoms with Crippen LogP contribution >= 0.6 is 0 Å². The molecule has 0 N–H and O–H groups in total. The Bertz CT molecular complexity index is 1360. The molecule has 4 aromatic rings. The van der Waals surface area contributed by atoms with Crippen molar-refractivity contribution in [3.8, 4) is 28.2 Å². The van der Waals surface area contributed by atoms with Gasteiger partial charge in [0.25, 0.3) is 0 Å². The molecule has 0 aliphatic carbocycles. The minimum Gasteiger partial charge on any atom is -0.232 e. The second-order valence-corrected chi connectivity index (χ2v) is 9.55. The standard InChI is InChI=1S/C24H19F3N2O2S/c1-16-3-5-17(6-4-16)22-15-23(18-7-9-19(10-8-18)24(25,26)27)29(28-22)20-11-13-21(14-12-20)32(2,30)31/h3-15H,1-2H3. The Kier molecular flexibility index (Phi) is 5.42. The Hall–Kier alpha value is -3.39. The minimum atomic E-state index is -4.42. The molecule has 0 aliphatic heterocycles. The maximum Gasteiger partial charge on any atom is 0.416 e. The topological polar surface area (TPSA) is 52.0 Å². The van der Waals surface area contributed by atoms with E-state index in [0.29, 0.717) is 22.6 Å². The number of nitrogens with zero attached hydrogens (tertiary/aromatic N) is 2. The first kappa shape index (κ1) is 21.8. The van der Waals surface area contributed by atoms with Gasteiger partial charge in [-0.3, -0.25) is 0 Å². The molecule has 0 bridgehead atoms. The number of halogens is 3. The van der Waals surface area contributed by atoms with Gasteiger partial charge in [-0.25, -0.2) is 13.1 Å². The van der Waals surface area contributed by atoms with E-state index in [9.17, 15) is 21.6 Å². The van der Waals surface area contributed by atoms with Gasteiger partial charge in [-0.15, -0.1) is 0 Å². The zero-order chi connectivity index (χ0) is 23.1. The molecular weight excluding hydrogens is 437 g/mol. The van der Waals surface area contributed by atoms with Gasteiger partial charge in [-0.05, 0) is 49.4 Å². The zero-order valence-corrected chi connectivity index (χ0v) is 18.1. The molecule has 8 heteroatoms. The lowest BCUT2D eigenvalue weighted by Crippen LogP contribution is -2.05. The molecule has 0 atom stereocenters. The van der Waals surface area contributed by atoms with E-state index in [0.717, 1.165) is 29.5 Å². The van der Waals surface area contributed by atoms with Crippen LogP contribution in [0.5, 0.6) is 0 Å². The number of aromatic nitrogens is 2. The Morgan fingerprint density at radius 2 is 1.38 bits per heavy atom. The average molecular weight is 456 g/mol. The van der Waals surface area contributed by atoms with Crippen molar-refractivity contribution >= 4 is 9.84 Å². The molecule has 4 nitrogen and oxygen atoms in total. The first-order valence-electron chi connectivity index (χ1n) is 9.67. The molecule has 32 heavy (non-hydrogen) atoms. The molecule has 0 saturated carbocycles. The first-order chi connectivity index (χ1) is 15.0. The minimum absolute atomic E-state index is 0.170. The van der Waals surface area contributed by atoms with Crippen LogP contribution in [-0.4, -0.2) is 24.5 Å². The van der Waals surface area contributed by atoms with E-state index in [-0.39, 0.29) is 4.90 Å². The maximum atomic E-state index is 13.0. The lowest BCUT2D eigenvalue weighted by molar-refractivity contribution is -0.137. The molecule has 1 heterocycles. The van der Waals surface area contributed by atoms with Gasteiger partial charge in [0.15, 0.2) is 9.84 Å². The quantitative estimate of drug-likeness (QED) is 0.382. The monoisotopic (exact) mass is 456 g/mol. The fraction of sp³-hybridized carbons (Fsp3) is 0.125. The van der Waals surface area contributed by atoms with Crippen LogP contribution in [0.1, 0.15) is 11.1 Å². The van der Waals surface area contributed by atoms with Crippen molar-refractivity contribution in [2.45, 2.75) is 18.0 Å². The Balaban J connectivity index is 1.85. The molecule has 0 radical (unpaired) electrons. The SMILES string of the molecule is Cc1ccc(-c2cc(-c3ccc(C(F)(F)F)cc3)n(-c3ccc(S(C)(=O)=O)cc3)n2)cc1. The van der Waals surface area contributed by atoms with E-state index in [1.54, 1.807) is 22.9 Å². The summed E-state index contributed by atoms with van der Waals surface area (Å²) in [5, 5.41) is 4.66. The molecule has 0 saturated heterocycles. The molecule has 3 aromatic carbocycles. The van der Waals surface area contributed by atoms with Gasteiger partial charge in [0.1, 0.15) is 0 Å².